The topological polar surface area (TPSA) is 267 Å². The number of ether oxygens (including phenoxy) is 9. The van der Waals surface area contributed by atoms with Crippen LogP contribution < -0.4 is 10.6 Å². The molecule has 1 aromatic heterocycles. The molecule has 0 spiro atoms. The van der Waals surface area contributed by atoms with Gasteiger partial charge in [0.15, 0.2) is 0 Å². The van der Waals surface area contributed by atoms with Crippen molar-refractivity contribution in [3.63, 3.8) is 0 Å². The Morgan fingerprint density at radius 3 is 1.45 bits per heavy atom. The molecule has 0 aliphatic rings. The van der Waals surface area contributed by atoms with Crippen molar-refractivity contribution in [1.82, 2.24) is 25.6 Å². The van der Waals surface area contributed by atoms with Crippen LogP contribution in [0.25, 0.3) is 0 Å². The van der Waals surface area contributed by atoms with Crippen molar-refractivity contribution in [2.45, 2.75) is 57.3 Å². The largest absolute Gasteiger partial charge is 0.481 e. The number of carboxylic acids is 3. The van der Waals surface area contributed by atoms with Gasteiger partial charge in [0, 0.05) is 20.1 Å². The fourth-order valence-corrected chi connectivity index (χ4v) is 4.14. The molecular weight excluding hydrogens is 710 g/mol. The van der Waals surface area contributed by atoms with Crippen molar-refractivity contribution in [2.75, 3.05) is 113 Å². The molecule has 21 heteroatoms. The number of carbonyl (C=O) groups excluding carboxylic acids is 1. The van der Waals surface area contributed by atoms with Gasteiger partial charge in [0.05, 0.1) is 119 Å². The van der Waals surface area contributed by atoms with Crippen molar-refractivity contribution in [3.05, 3.63) is 11.9 Å². The fraction of sp³-hybridized carbons (Fsp3) is 0.812. The number of nitrogens with zero attached hydrogens (tertiary/aromatic N) is 3. The monoisotopic (exact) mass is 767 g/mol. The normalized spacial score (nSPS) is 12.4. The first kappa shape index (κ1) is 47.5. The van der Waals surface area contributed by atoms with Gasteiger partial charge < -0.3 is 68.6 Å². The molecule has 53 heavy (non-hydrogen) atoms. The van der Waals surface area contributed by atoms with Crippen molar-refractivity contribution >= 4 is 23.9 Å². The average molecular weight is 768 g/mol. The fourth-order valence-electron chi connectivity index (χ4n) is 4.14. The average Bonchev–Trinajstić information content (AvgIpc) is 3.58. The zero-order chi connectivity index (χ0) is 38.8. The van der Waals surface area contributed by atoms with Crippen LogP contribution in [0.1, 0.15) is 37.8 Å². The molecule has 2 atom stereocenters. The predicted octanol–water partition coefficient (Wildman–Crippen LogP) is -0.202. The van der Waals surface area contributed by atoms with Crippen LogP contribution >= 0.6 is 0 Å². The highest BCUT2D eigenvalue weighted by Crippen LogP contribution is 2.06. The standard InChI is InChI=1S/C32H57N5O16/c1-45-8-9-46-10-11-47-12-13-48-14-15-49-16-17-50-18-19-51-20-21-52-22-23-53-25-26-24-37(36-35-26)7-3-2-4-27(30(40)41)33-32(44)34-28(31(42)43)5-6-29(38)39/h24,27-28H,2-23,25H2,1H3,(H,38,39)(H,40,41)(H,42,43)(H2,33,34,44). The molecule has 0 aliphatic heterocycles. The van der Waals surface area contributed by atoms with Crippen LogP contribution in [0.3, 0.4) is 0 Å². The lowest BCUT2D eigenvalue weighted by atomic mass is 10.1. The van der Waals surface area contributed by atoms with Crippen LogP contribution in [0.4, 0.5) is 4.79 Å². The molecule has 0 saturated carbocycles. The van der Waals surface area contributed by atoms with Crippen molar-refractivity contribution < 1.29 is 77.1 Å². The lowest BCUT2D eigenvalue weighted by Crippen LogP contribution is -2.51. The van der Waals surface area contributed by atoms with E-state index in [0.717, 1.165) is 0 Å². The molecule has 1 aromatic rings. The van der Waals surface area contributed by atoms with E-state index in [1.807, 2.05) is 0 Å². The van der Waals surface area contributed by atoms with Crippen LogP contribution in [-0.2, 0) is 70.2 Å². The van der Waals surface area contributed by atoms with Crippen molar-refractivity contribution in [3.8, 4) is 0 Å². The summed E-state index contributed by atoms with van der Waals surface area (Å²) in [5.41, 5.74) is 0.613. The second-order valence-electron chi connectivity index (χ2n) is 11.1. The first-order valence-corrected chi connectivity index (χ1v) is 17.5. The summed E-state index contributed by atoms with van der Waals surface area (Å²) in [4.78, 5) is 45.6. The highest BCUT2D eigenvalue weighted by atomic mass is 16.6. The van der Waals surface area contributed by atoms with Crippen LogP contribution in [0, 0.1) is 0 Å². The molecule has 2 amide bonds. The number of nitrogens with one attached hydrogen (secondary N) is 2. The third-order valence-electron chi connectivity index (χ3n) is 6.86. The summed E-state index contributed by atoms with van der Waals surface area (Å²) in [6.07, 6.45) is 1.93. The van der Waals surface area contributed by atoms with Gasteiger partial charge in [0.2, 0.25) is 0 Å². The minimum absolute atomic E-state index is 0.0811. The van der Waals surface area contributed by atoms with E-state index in [2.05, 4.69) is 20.9 Å². The highest BCUT2D eigenvalue weighted by Gasteiger charge is 2.24. The number of carboxylic acid groups (broad SMARTS) is 3. The number of aliphatic carboxylic acids is 3. The van der Waals surface area contributed by atoms with E-state index < -0.39 is 42.4 Å². The Labute approximate surface area is 308 Å². The minimum Gasteiger partial charge on any atom is -0.481 e. The molecule has 0 bridgehead atoms. The minimum atomic E-state index is -1.47. The summed E-state index contributed by atoms with van der Waals surface area (Å²) in [7, 11) is 1.63. The maximum atomic E-state index is 12.1. The first-order chi connectivity index (χ1) is 25.7. The molecule has 21 nitrogen and oxygen atoms in total. The molecule has 0 saturated heterocycles. The van der Waals surface area contributed by atoms with E-state index in [4.69, 9.17) is 52.8 Å². The smallest absolute Gasteiger partial charge is 0.326 e. The molecule has 5 N–H and O–H groups in total. The molecule has 0 fully saturated rings. The molecule has 306 valence electrons. The molecule has 2 unspecified atom stereocenters. The summed E-state index contributed by atoms with van der Waals surface area (Å²) >= 11 is 0. The lowest BCUT2D eigenvalue weighted by molar-refractivity contribution is -0.140. The predicted molar refractivity (Wildman–Crippen MR) is 183 cm³/mol. The second kappa shape index (κ2) is 33.1. The Kier molecular flexibility index (Phi) is 29.6. The van der Waals surface area contributed by atoms with Crippen molar-refractivity contribution in [2.24, 2.45) is 0 Å². The van der Waals surface area contributed by atoms with Gasteiger partial charge in [-0.2, -0.15) is 0 Å². The number of aromatic nitrogens is 3. The highest BCUT2D eigenvalue weighted by molar-refractivity contribution is 5.86. The number of unbranched alkanes of at least 4 members (excludes halogenated alkanes) is 1. The first-order valence-electron chi connectivity index (χ1n) is 17.5. The quantitative estimate of drug-likeness (QED) is 0.0545. The Balaban J connectivity index is 1.95. The number of amides is 2. The van der Waals surface area contributed by atoms with E-state index in [0.29, 0.717) is 131 Å². The van der Waals surface area contributed by atoms with E-state index in [9.17, 15) is 24.3 Å². The van der Waals surface area contributed by atoms with Crippen LogP contribution in [0.2, 0.25) is 0 Å². The summed E-state index contributed by atoms with van der Waals surface area (Å²) < 4.78 is 50.0. The zero-order valence-electron chi connectivity index (χ0n) is 30.5. The van der Waals surface area contributed by atoms with Gasteiger partial charge in [-0.3, -0.25) is 9.48 Å². The molecule has 0 aliphatic carbocycles. The van der Waals surface area contributed by atoms with Gasteiger partial charge in [-0.15, -0.1) is 5.10 Å². The second-order valence-corrected chi connectivity index (χ2v) is 11.1. The van der Waals surface area contributed by atoms with Crippen LogP contribution in [-0.4, -0.2) is 179 Å². The van der Waals surface area contributed by atoms with E-state index in [1.54, 1.807) is 18.0 Å². The van der Waals surface area contributed by atoms with Crippen molar-refractivity contribution in [1.29, 1.82) is 0 Å². The zero-order valence-corrected chi connectivity index (χ0v) is 30.5. The number of rotatable bonds is 38. The number of carbonyl (C=O) groups is 4. The van der Waals surface area contributed by atoms with Gasteiger partial charge in [0.1, 0.15) is 17.8 Å². The SMILES string of the molecule is COCCOCCOCCOCCOCCOCCOCCOCCOCc1cn(CCCCC(NC(=O)NC(CCC(=O)O)C(=O)O)C(=O)O)nn1. The summed E-state index contributed by atoms with van der Waals surface area (Å²) in [5.74, 6) is -3.93. The Bertz CT molecular complexity index is 1100. The van der Waals surface area contributed by atoms with Gasteiger partial charge >= 0.3 is 23.9 Å². The summed E-state index contributed by atoms with van der Waals surface area (Å²) in [6, 6.07) is -3.74. The number of hydrogen-bond donors (Lipinski definition) is 5. The molecule has 0 radical (unpaired) electrons. The third-order valence-corrected chi connectivity index (χ3v) is 6.86. The van der Waals surface area contributed by atoms with Crippen LogP contribution in [0.15, 0.2) is 6.20 Å². The third kappa shape index (κ3) is 28.6. The maximum Gasteiger partial charge on any atom is 0.326 e. The maximum absolute atomic E-state index is 12.1. The summed E-state index contributed by atoms with van der Waals surface area (Å²) in [5, 5.41) is 39.7. The van der Waals surface area contributed by atoms with E-state index >= 15 is 0 Å². The van der Waals surface area contributed by atoms with Gasteiger partial charge in [-0.1, -0.05) is 5.21 Å². The Hall–Kier alpha value is -3.54. The number of urea groups is 1. The number of hydrogen-bond acceptors (Lipinski definition) is 15. The Morgan fingerprint density at radius 2 is 1.04 bits per heavy atom. The lowest BCUT2D eigenvalue weighted by Gasteiger charge is -2.18. The molecular formula is C32H57N5O16. The van der Waals surface area contributed by atoms with Gasteiger partial charge in [0.25, 0.3) is 0 Å². The van der Waals surface area contributed by atoms with Crippen LogP contribution in [0.5, 0.6) is 0 Å². The van der Waals surface area contributed by atoms with E-state index in [1.165, 1.54) is 0 Å². The number of aryl methyl sites for hydroxylation is 1. The van der Waals surface area contributed by atoms with Gasteiger partial charge in [-0.05, 0) is 25.7 Å². The molecule has 1 heterocycles. The molecule has 1 rings (SSSR count). The van der Waals surface area contributed by atoms with Gasteiger partial charge in [-0.25, -0.2) is 14.4 Å². The summed E-state index contributed by atoms with van der Waals surface area (Å²) in [6.45, 7) is 8.21. The Morgan fingerprint density at radius 1 is 0.623 bits per heavy atom. The van der Waals surface area contributed by atoms with E-state index in [-0.39, 0.29) is 19.4 Å². The molecule has 0 aromatic carbocycles. The number of methoxy groups -OCH3 is 1.